The zero-order valence-corrected chi connectivity index (χ0v) is 31.0. The minimum Gasteiger partial charge on any atom is -0.693 e. The van der Waals surface area contributed by atoms with Crippen molar-refractivity contribution in [2.45, 2.75) is 118 Å². The van der Waals surface area contributed by atoms with Crippen LogP contribution in [0.4, 0.5) is 0 Å². The summed E-state index contributed by atoms with van der Waals surface area (Å²) in [6, 6.07) is 0. The number of nitrogens with one attached hydrogen (secondary N) is 2. The number of nitrogens with two attached hydrogens (primary N) is 6. The fourth-order valence-electron chi connectivity index (χ4n) is 2.67. The molecule has 0 rings (SSSR count). The summed E-state index contributed by atoms with van der Waals surface area (Å²) < 4.78 is 0. The molecule has 43 heavy (non-hydrogen) atoms. The Morgan fingerprint density at radius 1 is 0.651 bits per heavy atom. The van der Waals surface area contributed by atoms with E-state index in [0.29, 0.717) is 32.5 Å². The Hall–Kier alpha value is -0.0834. The van der Waals surface area contributed by atoms with Crippen LogP contribution < -0.4 is 15.7 Å². The molecule has 0 aromatic heterocycles. The molecule has 0 spiro atoms. The van der Waals surface area contributed by atoms with Crippen molar-refractivity contribution in [2.24, 2.45) is 0 Å². The van der Waals surface area contributed by atoms with Crippen LogP contribution in [0.2, 0.25) is 0 Å². The van der Waals surface area contributed by atoms with E-state index in [1.54, 1.807) is 6.92 Å². The van der Waals surface area contributed by atoms with E-state index < -0.39 is 11.9 Å². The summed E-state index contributed by atoms with van der Waals surface area (Å²) in [6.07, 6.45) is 13.7. The Labute approximate surface area is 293 Å². The van der Waals surface area contributed by atoms with Gasteiger partial charge < -0.3 is 61.7 Å². The smallest absolute Gasteiger partial charge is 0.693 e. The fraction of sp³-hybridized carbons (Fsp3) is 0.926. The molecule has 0 aliphatic rings. The second-order valence-corrected chi connectivity index (χ2v) is 8.51. The van der Waals surface area contributed by atoms with Crippen LogP contribution >= 0.6 is 0 Å². The number of hydrogen-bond acceptors (Lipinski definition) is 5. The molecule has 0 saturated heterocycles. The summed E-state index contributed by atoms with van der Waals surface area (Å²) in [4.78, 5) is 22.9. The number of rotatable bonds is 22. The monoisotopic (exact) mass is 993 g/mol. The van der Waals surface area contributed by atoms with E-state index in [9.17, 15) is 14.7 Å². The van der Waals surface area contributed by atoms with Gasteiger partial charge in [0.25, 0.3) is 0 Å². The van der Waals surface area contributed by atoms with Crippen molar-refractivity contribution in [1.82, 2.24) is 0 Å². The molecule has 0 fully saturated rings. The van der Waals surface area contributed by atoms with E-state index in [0.717, 1.165) is 32.1 Å². The van der Waals surface area contributed by atoms with E-state index in [1.165, 1.54) is 64.7 Å². The Bertz CT molecular complexity index is 392. The van der Waals surface area contributed by atoms with Gasteiger partial charge in [0, 0.05) is 25.2 Å². The molecule has 16 N–H and O–H groups in total. The first-order valence-electron chi connectivity index (χ1n) is 14.0. The molecule has 0 aliphatic heterocycles. The summed E-state index contributed by atoms with van der Waals surface area (Å²) in [5, 5.41) is 30.0. The van der Waals surface area contributed by atoms with Gasteiger partial charge in [-0.05, 0) is 44.9 Å². The Kier molecular flexibility index (Phi) is 135. The number of carboxylic acid groups (broad SMARTS) is 2. The Morgan fingerprint density at radius 3 is 1.16 bits per heavy atom. The third-order valence-corrected chi connectivity index (χ3v) is 4.74. The van der Waals surface area contributed by atoms with Gasteiger partial charge in [-0.2, -0.15) is 13.1 Å². The molecule has 272 valence electrons. The Balaban J connectivity index is -0.0000000386. The molecular formula is C27H71N8O6Pt2+3. The maximum absolute atomic E-state index is 9.60. The van der Waals surface area contributed by atoms with Crippen LogP contribution in [0.3, 0.4) is 0 Å². The van der Waals surface area contributed by atoms with Crippen LogP contribution in [0.15, 0.2) is 0 Å². The second-order valence-electron chi connectivity index (χ2n) is 8.51. The van der Waals surface area contributed by atoms with Crippen molar-refractivity contribution >= 4 is 11.9 Å². The second kappa shape index (κ2) is 78.4. The van der Waals surface area contributed by atoms with Crippen LogP contribution in [-0.4, -0.2) is 68.2 Å². The van der Waals surface area contributed by atoms with Crippen LogP contribution in [0.25, 0.3) is 36.1 Å². The van der Waals surface area contributed by atoms with E-state index in [2.05, 4.69) is 15.5 Å². The summed E-state index contributed by atoms with van der Waals surface area (Å²) in [6.45, 7) is 12.4. The number of carboxylic acids is 2. The molecule has 0 saturated carbocycles. The molecule has 0 aromatic rings. The molecule has 0 amide bonds. The molecule has 14 nitrogen and oxygen atoms in total. The third-order valence-electron chi connectivity index (χ3n) is 4.74. The van der Waals surface area contributed by atoms with Crippen LogP contribution in [0.1, 0.15) is 118 Å². The average molecular weight is 994 g/mol. The molecular weight excluding hydrogens is 923 g/mol. The minimum atomic E-state index is -0.961. The van der Waals surface area contributed by atoms with E-state index >= 15 is 0 Å². The standard InChI is InChI=1S/C14H32N4.C4H10O2.2C4H8O2.CH4.4H2N.2Pt/c15-9-3-1-5-11-17-13-7-8-14-18-12-6-2-4-10-16;1-2-3-4-6-5;2*1-2-3-4(5)6;;;;;;;/h15-18H,1-14H2;5H,2-4H2,1H3;2*2-3H2,1H3,(H,5,6);1H4;4*1H2;;/q-2;;;;;4*-1;2*+4/p+1. The van der Waals surface area contributed by atoms with Crippen LogP contribution in [0.5, 0.6) is 0 Å². The van der Waals surface area contributed by atoms with E-state index in [1.807, 2.05) is 13.8 Å². The molecule has 16 heteroatoms. The van der Waals surface area contributed by atoms with Gasteiger partial charge in [-0.3, -0.25) is 10.1 Å². The normalized spacial score (nSPS) is 8.14. The predicted octanol–water partition coefficient (Wildman–Crippen LogP) is 6.52. The van der Waals surface area contributed by atoms with Gasteiger partial charge in [-0.1, -0.05) is 53.9 Å². The third kappa shape index (κ3) is 117. The summed E-state index contributed by atoms with van der Waals surface area (Å²) in [5.74, 6) is -1.67. The van der Waals surface area contributed by atoms with Gasteiger partial charge in [0.05, 0.1) is 32.8 Å². The van der Waals surface area contributed by atoms with Gasteiger partial charge in [-0.15, -0.1) is 0 Å². The van der Waals surface area contributed by atoms with Gasteiger partial charge in [0.1, 0.15) is 0 Å². The first-order chi connectivity index (χ1) is 17.4. The maximum Gasteiger partial charge on any atom is 4.00 e. The number of aliphatic carboxylic acids is 2. The van der Waals surface area contributed by atoms with E-state index in [4.69, 9.17) is 21.8 Å². The van der Waals surface area contributed by atoms with Crippen molar-refractivity contribution in [3.05, 3.63) is 36.1 Å². The van der Waals surface area contributed by atoms with Gasteiger partial charge in [0.15, 0.2) is 0 Å². The van der Waals surface area contributed by atoms with Crippen molar-refractivity contribution in [3.8, 4) is 0 Å². The fourth-order valence-corrected chi connectivity index (χ4v) is 2.67. The average Bonchev–Trinajstić information content (AvgIpc) is 2.84. The first-order valence-corrected chi connectivity index (χ1v) is 14.0. The summed E-state index contributed by atoms with van der Waals surface area (Å²) >= 11 is 0. The SMILES string of the molecule is C.CCCC(=O)O.CCCC(=O)[O-].CCCCOO.[NH-]CCCCC[NH2+]CCCC[NH2+]CCCCC[NH-].[NH2-].[NH2-].[NH2-].[NH2-].[Pt+4].[Pt+4]. The molecule has 0 aromatic carbocycles. The van der Waals surface area contributed by atoms with E-state index in [-0.39, 0.29) is 80.6 Å². The van der Waals surface area contributed by atoms with Crippen LogP contribution in [0, 0.1) is 0 Å². The first kappa shape index (κ1) is 74.0. The van der Waals surface area contributed by atoms with Crippen molar-refractivity contribution < 1.29 is 82.7 Å². The molecule has 0 atom stereocenters. The zero-order chi connectivity index (χ0) is 28.1. The maximum atomic E-state index is 9.60. The van der Waals surface area contributed by atoms with Crippen LogP contribution in [-0.2, 0) is 56.6 Å². The largest absolute Gasteiger partial charge is 4.00 e. The summed E-state index contributed by atoms with van der Waals surface area (Å²) in [7, 11) is 0. The van der Waals surface area contributed by atoms with Gasteiger partial charge in [0.2, 0.25) is 0 Å². The molecule has 0 radical (unpaired) electrons. The number of carbonyl (C=O) groups excluding carboxylic acids is 1. The number of carbonyl (C=O) groups is 2. The number of quaternary nitrogens is 2. The summed E-state index contributed by atoms with van der Waals surface area (Å²) in [5.41, 5.74) is 14.1. The number of unbranched alkanes of at least 4 members (excludes halogenated alkanes) is 6. The topological polar surface area (TPSA) is 322 Å². The molecule has 0 unspecified atom stereocenters. The van der Waals surface area contributed by atoms with Gasteiger partial charge in [-0.25, -0.2) is 4.89 Å². The van der Waals surface area contributed by atoms with Crippen molar-refractivity contribution in [2.75, 3.05) is 45.9 Å². The van der Waals surface area contributed by atoms with Crippen molar-refractivity contribution in [3.63, 3.8) is 0 Å². The van der Waals surface area contributed by atoms with Gasteiger partial charge >= 0.3 is 48.1 Å². The molecule has 0 aliphatic carbocycles. The molecule has 0 heterocycles. The zero-order valence-electron chi connectivity index (χ0n) is 26.5. The molecule has 0 bridgehead atoms. The number of hydrogen-bond donors (Lipinski definition) is 4. The Morgan fingerprint density at radius 2 is 1.00 bits per heavy atom. The minimum absolute atomic E-state index is 0. The van der Waals surface area contributed by atoms with Crippen molar-refractivity contribution in [1.29, 1.82) is 0 Å². The predicted molar refractivity (Wildman–Crippen MR) is 172 cm³/mol. The quantitative estimate of drug-likeness (QED) is 0.0531.